The number of rotatable bonds is 4. The van der Waals surface area contributed by atoms with Gasteiger partial charge in [-0.05, 0) is 30.7 Å². The topological polar surface area (TPSA) is 65.9 Å². The fraction of sp³-hybridized carbons (Fsp3) is 0.286. The summed E-state index contributed by atoms with van der Waals surface area (Å²) in [6.45, 7) is 1.99. The van der Waals surface area contributed by atoms with Crippen molar-refractivity contribution in [3.05, 3.63) is 35.8 Å². The summed E-state index contributed by atoms with van der Waals surface area (Å²) in [7, 11) is 0. The molecule has 0 aliphatic carbocycles. The summed E-state index contributed by atoms with van der Waals surface area (Å²) in [5.74, 6) is -1.45. The van der Waals surface area contributed by atoms with Gasteiger partial charge in [0.25, 0.3) is 0 Å². The fourth-order valence-electron chi connectivity index (χ4n) is 2.01. The Hall–Kier alpha value is -2.35. The van der Waals surface area contributed by atoms with Crippen LogP contribution in [0.3, 0.4) is 0 Å². The van der Waals surface area contributed by atoms with E-state index in [0.717, 1.165) is 5.52 Å². The van der Waals surface area contributed by atoms with Crippen LogP contribution in [0, 0.1) is 17.1 Å². The second kappa shape index (κ2) is 5.53. The third-order valence-electron chi connectivity index (χ3n) is 2.88. The number of aromatic amines is 1. The molecule has 0 bridgehead atoms. The van der Waals surface area contributed by atoms with Crippen molar-refractivity contribution in [1.29, 1.82) is 5.26 Å². The van der Waals surface area contributed by atoms with E-state index in [2.05, 4.69) is 11.1 Å². The first-order valence-electron chi connectivity index (χ1n) is 5.97. The molecule has 0 aliphatic rings. The van der Waals surface area contributed by atoms with Gasteiger partial charge in [-0.1, -0.05) is 0 Å². The molecular formula is C14H13FN2O2. The molecule has 1 aromatic heterocycles. The SMILES string of the molecule is CCOC(=O)CC(C#N)c1c[nH]c2ccc(F)cc12. The lowest BCUT2D eigenvalue weighted by Crippen LogP contribution is -2.09. The number of ether oxygens (including phenoxy) is 1. The zero-order chi connectivity index (χ0) is 13.8. The van der Waals surface area contributed by atoms with Crippen LogP contribution in [0.2, 0.25) is 0 Å². The standard InChI is InChI=1S/C14H13FN2O2/c1-2-19-14(18)5-9(7-16)12-8-17-13-4-3-10(15)6-11(12)13/h3-4,6,8-9,17H,2,5H2,1H3. The van der Waals surface area contributed by atoms with Crippen molar-refractivity contribution in [2.45, 2.75) is 19.3 Å². The van der Waals surface area contributed by atoms with Crippen molar-refractivity contribution in [3.63, 3.8) is 0 Å². The number of halogens is 1. The number of carbonyl (C=O) groups excluding carboxylic acids is 1. The molecule has 0 amide bonds. The molecule has 1 heterocycles. The molecular weight excluding hydrogens is 247 g/mol. The van der Waals surface area contributed by atoms with Crippen LogP contribution in [0.5, 0.6) is 0 Å². The number of nitriles is 1. The lowest BCUT2D eigenvalue weighted by atomic mass is 9.97. The van der Waals surface area contributed by atoms with Crippen LogP contribution in [0.1, 0.15) is 24.8 Å². The molecule has 4 nitrogen and oxygen atoms in total. The van der Waals surface area contributed by atoms with Crippen LogP contribution in [0.25, 0.3) is 10.9 Å². The lowest BCUT2D eigenvalue weighted by molar-refractivity contribution is -0.143. The number of benzene rings is 1. The number of nitrogens with zero attached hydrogens (tertiary/aromatic N) is 1. The van der Waals surface area contributed by atoms with Gasteiger partial charge in [0, 0.05) is 17.1 Å². The van der Waals surface area contributed by atoms with Crippen molar-refractivity contribution in [3.8, 4) is 6.07 Å². The molecule has 5 heteroatoms. The molecule has 1 atom stereocenters. The molecule has 0 fully saturated rings. The highest BCUT2D eigenvalue weighted by atomic mass is 19.1. The Morgan fingerprint density at radius 2 is 2.37 bits per heavy atom. The number of fused-ring (bicyclic) bond motifs is 1. The highest BCUT2D eigenvalue weighted by Crippen LogP contribution is 2.28. The Morgan fingerprint density at radius 3 is 3.05 bits per heavy atom. The summed E-state index contributed by atoms with van der Waals surface area (Å²) in [4.78, 5) is 14.4. The van der Waals surface area contributed by atoms with Crippen molar-refractivity contribution in [1.82, 2.24) is 4.98 Å². The highest BCUT2D eigenvalue weighted by Gasteiger charge is 2.20. The Bertz CT molecular complexity index is 642. The minimum atomic E-state index is -0.644. The summed E-state index contributed by atoms with van der Waals surface area (Å²) >= 11 is 0. The van der Waals surface area contributed by atoms with E-state index in [4.69, 9.17) is 4.74 Å². The first-order valence-corrected chi connectivity index (χ1v) is 5.97. The molecule has 0 aliphatic heterocycles. The van der Waals surface area contributed by atoms with Gasteiger partial charge in [0.2, 0.25) is 0 Å². The fourth-order valence-corrected chi connectivity index (χ4v) is 2.01. The van der Waals surface area contributed by atoms with Crippen LogP contribution in [-0.4, -0.2) is 17.6 Å². The van der Waals surface area contributed by atoms with E-state index in [1.807, 2.05) is 0 Å². The van der Waals surface area contributed by atoms with E-state index >= 15 is 0 Å². The number of H-pyrrole nitrogens is 1. The van der Waals surface area contributed by atoms with Crippen molar-refractivity contribution < 1.29 is 13.9 Å². The molecule has 98 valence electrons. The van der Waals surface area contributed by atoms with Crippen LogP contribution in [0.4, 0.5) is 4.39 Å². The van der Waals surface area contributed by atoms with Gasteiger partial charge in [0.05, 0.1) is 25.0 Å². The smallest absolute Gasteiger partial charge is 0.307 e. The number of carbonyl (C=O) groups is 1. The Balaban J connectivity index is 2.33. The largest absolute Gasteiger partial charge is 0.466 e. The summed E-state index contributed by atoms with van der Waals surface area (Å²) < 4.78 is 18.1. The maximum absolute atomic E-state index is 13.3. The summed E-state index contributed by atoms with van der Waals surface area (Å²) in [6, 6.07) is 6.37. The zero-order valence-electron chi connectivity index (χ0n) is 10.4. The number of esters is 1. The molecule has 0 radical (unpaired) electrons. The number of nitrogens with one attached hydrogen (secondary N) is 1. The highest BCUT2D eigenvalue weighted by molar-refractivity contribution is 5.85. The second-order valence-corrected chi connectivity index (χ2v) is 4.12. The number of hydrogen-bond acceptors (Lipinski definition) is 3. The molecule has 0 spiro atoms. The maximum Gasteiger partial charge on any atom is 0.307 e. The predicted molar refractivity (Wildman–Crippen MR) is 67.9 cm³/mol. The van der Waals surface area contributed by atoms with Crippen LogP contribution in [0.15, 0.2) is 24.4 Å². The van der Waals surface area contributed by atoms with E-state index in [9.17, 15) is 14.4 Å². The van der Waals surface area contributed by atoms with Gasteiger partial charge >= 0.3 is 5.97 Å². The molecule has 1 unspecified atom stereocenters. The Morgan fingerprint density at radius 1 is 1.58 bits per heavy atom. The maximum atomic E-state index is 13.3. The lowest BCUT2D eigenvalue weighted by Gasteiger charge is -2.07. The van der Waals surface area contributed by atoms with E-state index in [1.165, 1.54) is 12.1 Å². The summed E-state index contributed by atoms with van der Waals surface area (Å²) in [6.07, 6.45) is 1.60. The third kappa shape index (κ3) is 2.74. The molecule has 19 heavy (non-hydrogen) atoms. The molecule has 0 saturated heterocycles. The van der Waals surface area contributed by atoms with Crippen LogP contribution in [-0.2, 0) is 9.53 Å². The molecule has 2 rings (SSSR count). The summed E-state index contributed by atoms with van der Waals surface area (Å²) in [5.41, 5.74) is 1.35. The third-order valence-corrected chi connectivity index (χ3v) is 2.88. The van der Waals surface area contributed by atoms with E-state index in [1.54, 1.807) is 19.2 Å². The molecule has 1 aromatic carbocycles. The van der Waals surface area contributed by atoms with Gasteiger partial charge in [-0.25, -0.2) is 4.39 Å². The van der Waals surface area contributed by atoms with Gasteiger partial charge < -0.3 is 9.72 Å². The Kier molecular flexibility index (Phi) is 3.81. The van der Waals surface area contributed by atoms with Gasteiger partial charge in [0.15, 0.2) is 0 Å². The van der Waals surface area contributed by atoms with Crippen molar-refractivity contribution in [2.24, 2.45) is 0 Å². The normalized spacial score (nSPS) is 12.1. The molecule has 2 aromatic rings. The average molecular weight is 260 g/mol. The van der Waals surface area contributed by atoms with Crippen molar-refractivity contribution >= 4 is 16.9 Å². The monoisotopic (exact) mass is 260 g/mol. The van der Waals surface area contributed by atoms with Crippen LogP contribution >= 0.6 is 0 Å². The molecule has 0 saturated carbocycles. The first kappa shape index (κ1) is 13.1. The summed E-state index contributed by atoms with van der Waals surface area (Å²) in [5, 5.41) is 9.80. The minimum Gasteiger partial charge on any atom is -0.466 e. The van der Waals surface area contributed by atoms with Gasteiger partial charge in [-0.3, -0.25) is 4.79 Å². The first-order chi connectivity index (χ1) is 9.15. The average Bonchev–Trinajstić information content (AvgIpc) is 2.79. The van der Waals surface area contributed by atoms with E-state index in [0.29, 0.717) is 10.9 Å². The van der Waals surface area contributed by atoms with Crippen molar-refractivity contribution in [2.75, 3.05) is 6.61 Å². The second-order valence-electron chi connectivity index (χ2n) is 4.12. The Labute approximate surface area is 109 Å². The number of aromatic nitrogens is 1. The van der Waals surface area contributed by atoms with E-state index in [-0.39, 0.29) is 18.8 Å². The van der Waals surface area contributed by atoms with Gasteiger partial charge in [0.1, 0.15) is 5.82 Å². The van der Waals surface area contributed by atoms with Crippen LogP contribution < -0.4 is 0 Å². The number of hydrogen-bond donors (Lipinski definition) is 1. The zero-order valence-corrected chi connectivity index (χ0v) is 10.4. The quantitative estimate of drug-likeness (QED) is 0.859. The van der Waals surface area contributed by atoms with Gasteiger partial charge in [-0.2, -0.15) is 5.26 Å². The van der Waals surface area contributed by atoms with Gasteiger partial charge in [-0.15, -0.1) is 0 Å². The predicted octanol–water partition coefficient (Wildman–Crippen LogP) is 2.87. The minimum absolute atomic E-state index is 0.0339. The molecule has 1 N–H and O–H groups in total. The van der Waals surface area contributed by atoms with E-state index < -0.39 is 11.9 Å².